The summed E-state index contributed by atoms with van der Waals surface area (Å²) in [6, 6.07) is 8.88. The monoisotopic (exact) mass is 214 g/mol. The van der Waals surface area contributed by atoms with E-state index in [1.54, 1.807) is 0 Å². The normalized spacial score (nSPS) is 13.2. The summed E-state index contributed by atoms with van der Waals surface area (Å²) < 4.78 is 0. The Morgan fingerprint density at radius 1 is 1.19 bits per heavy atom. The molecule has 0 radical (unpaired) electrons. The Hall–Kier alpha value is -1.41. The summed E-state index contributed by atoms with van der Waals surface area (Å²) in [5, 5.41) is 5.89. The summed E-state index contributed by atoms with van der Waals surface area (Å²) in [5.74, 6) is 0.566. The quantitative estimate of drug-likeness (QED) is 0.849. The third-order valence-electron chi connectivity index (χ3n) is 3.03. The van der Waals surface area contributed by atoms with Gasteiger partial charge >= 0.3 is 0 Å². The van der Waals surface area contributed by atoms with Crippen LogP contribution in [-0.2, 0) is 0 Å². The third-order valence-corrected chi connectivity index (χ3v) is 3.03. The van der Waals surface area contributed by atoms with Crippen LogP contribution in [0.2, 0.25) is 0 Å². The molecule has 0 aliphatic heterocycles. The highest BCUT2D eigenvalue weighted by Gasteiger charge is 2.15. The number of rotatable bonds is 3. The van der Waals surface area contributed by atoms with Gasteiger partial charge in [0.1, 0.15) is 0 Å². The van der Waals surface area contributed by atoms with Gasteiger partial charge in [0.25, 0.3) is 0 Å². The first-order chi connectivity index (χ1) is 7.74. The lowest BCUT2D eigenvalue weighted by atomic mass is 9.93. The largest absolute Gasteiger partial charge is 0.313 e. The van der Waals surface area contributed by atoms with Gasteiger partial charge in [-0.3, -0.25) is 4.98 Å². The number of hydrogen-bond donors (Lipinski definition) is 1. The number of benzene rings is 1. The fourth-order valence-electron chi connectivity index (χ4n) is 2.26. The lowest BCUT2D eigenvalue weighted by molar-refractivity contribution is 0.446. The highest BCUT2D eigenvalue weighted by Crippen LogP contribution is 2.27. The first kappa shape index (κ1) is 11.1. The number of nitrogens with zero attached hydrogens (tertiary/aromatic N) is 1. The van der Waals surface area contributed by atoms with E-state index >= 15 is 0 Å². The van der Waals surface area contributed by atoms with Gasteiger partial charge in [-0.15, -0.1) is 0 Å². The Bertz CT molecular complexity index is 472. The van der Waals surface area contributed by atoms with Crippen molar-refractivity contribution >= 4 is 10.8 Å². The number of fused-ring (bicyclic) bond motifs is 1. The first-order valence-corrected chi connectivity index (χ1v) is 5.74. The summed E-state index contributed by atoms with van der Waals surface area (Å²) in [6.45, 7) is 4.47. The molecule has 1 atom stereocenters. The van der Waals surface area contributed by atoms with Crippen molar-refractivity contribution in [3.05, 3.63) is 42.2 Å². The van der Waals surface area contributed by atoms with Crippen LogP contribution in [0.5, 0.6) is 0 Å². The molecule has 0 bridgehead atoms. The average Bonchev–Trinajstić information content (AvgIpc) is 2.30. The minimum Gasteiger partial charge on any atom is -0.313 e. The molecule has 2 aromatic rings. The van der Waals surface area contributed by atoms with Crippen LogP contribution in [0.4, 0.5) is 0 Å². The van der Waals surface area contributed by atoms with Crippen molar-refractivity contribution in [1.82, 2.24) is 10.3 Å². The molecule has 1 aromatic carbocycles. The minimum atomic E-state index is 0.382. The summed E-state index contributed by atoms with van der Waals surface area (Å²) in [4.78, 5) is 4.22. The van der Waals surface area contributed by atoms with E-state index in [1.807, 2.05) is 19.4 Å². The summed E-state index contributed by atoms with van der Waals surface area (Å²) >= 11 is 0. The van der Waals surface area contributed by atoms with E-state index in [2.05, 4.69) is 48.4 Å². The fraction of sp³-hybridized carbons (Fsp3) is 0.357. The number of pyridine rings is 1. The molecule has 16 heavy (non-hydrogen) atoms. The summed E-state index contributed by atoms with van der Waals surface area (Å²) in [6.07, 6.45) is 3.80. The van der Waals surface area contributed by atoms with Crippen LogP contribution < -0.4 is 5.32 Å². The van der Waals surface area contributed by atoms with E-state index in [9.17, 15) is 0 Å². The van der Waals surface area contributed by atoms with Crippen LogP contribution in [0.25, 0.3) is 10.8 Å². The van der Waals surface area contributed by atoms with Gasteiger partial charge in [-0.25, -0.2) is 0 Å². The van der Waals surface area contributed by atoms with E-state index in [1.165, 1.54) is 16.3 Å². The molecule has 1 heterocycles. The van der Waals surface area contributed by atoms with Gasteiger partial charge in [-0.05, 0) is 30.0 Å². The van der Waals surface area contributed by atoms with E-state index in [0.29, 0.717) is 12.0 Å². The lowest BCUT2D eigenvalue weighted by Crippen LogP contribution is -2.21. The van der Waals surface area contributed by atoms with Crippen molar-refractivity contribution in [1.29, 1.82) is 0 Å². The molecule has 2 heteroatoms. The molecular weight excluding hydrogens is 196 g/mol. The number of aromatic nitrogens is 1. The van der Waals surface area contributed by atoms with E-state index < -0.39 is 0 Å². The molecule has 0 spiro atoms. The molecule has 2 rings (SSSR count). The van der Waals surface area contributed by atoms with Crippen LogP contribution in [0, 0.1) is 5.92 Å². The molecule has 0 saturated heterocycles. The van der Waals surface area contributed by atoms with Crippen LogP contribution in [-0.4, -0.2) is 12.0 Å². The Morgan fingerprint density at radius 3 is 2.69 bits per heavy atom. The Labute approximate surface area is 96.7 Å². The number of hydrogen-bond acceptors (Lipinski definition) is 2. The highest BCUT2D eigenvalue weighted by molar-refractivity contribution is 5.85. The van der Waals surface area contributed by atoms with Gasteiger partial charge in [0.2, 0.25) is 0 Å². The maximum atomic E-state index is 4.22. The smallest absolute Gasteiger partial charge is 0.0349 e. The Kier molecular flexibility index (Phi) is 3.20. The van der Waals surface area contributed by atoms with Crippen molar-refractivity contribution in [2.24, 2.45) is 5.92 Å². The second-order valence-electron chi connectivity index (χ2n) is 4.45. The van der Waals surface area contributed by atoms with Crippen LogP contribution >= 0.6 is 0 Å². The van der Waals surface area contributed by atoms with E-state index in [0.717, 1.165) is 0 Å². The predicted octanol–water partition coefficient (Wildman–Crippen LogP) is 3.15. The van der Waals surface area contributed by atoms with Crippen molar-refractivity contribution in [3.63, 3.8) is 0 Å². The molecule has 0 amide bonds. The second-order valence-corrected chi connectivity index (χ2v) is 4.45. The van der Waals surface area contributed by atoms with Gasteiger partial charge < -0.3 is 5.32 Å². The van der Waals surface area contributed by atoms with Crippen LogP contribution in [0.3, 0.4) is 0 Å². The molecule has 0 fully saturated rings. The zero-order valence-electron chi connectivity index (χ0n) is 10.1. The van der Waals surface area contributed by atoms with Gasteiger partial charge in [-0.1, -0.05) is 32.0 Å². The zero-order valence-corrected chi connectivity index (χ0v) is 10.1. The third kappa shape index (κ3) is 1.93. The predicted molar refractivity (Wildman–Crippen MR) is 68.4 cm³/mol. The fourth-order valence-corrected chi connectivity index (χ4v) is 2.26. The van der Waals surface area contributed by atoms with Crippen molar-refractivity contribution in [2.45, 2.75) is 19.9 Å². The maximum Gasteiger partial charge on any atom is 0.0349 e. The maximum absolute atomic E-state index is 4.22. The second kappa shape index (κ2) is 4.62. The van der Waals surface area contributed by atoms with Gasteiger partial charge in [-0.2, -0.15) is 0 Å². The summed E-state index contributed by atoms with van der Waals surface area (Å²) in [7, 11) is 2.01. The van der Waals surface area contributed by atoms with Crippen molar-refractivity contribution < 1.29 is 0 Å². The van der Waals surface area contributed by atoms with Crippen LogP contribution in [0.15, 0.2) is 36.7 Å². The Morgan fingerprint density at radius 2 is 2.00 bits per heavy atom. The Balaban J connectivity index is 2.59. The lowest BCUT2D eigenvalue weighted by Gasteiger charge is -2.22. The number of nitrogens with one attached hydrogen (secondary N) is 1. The van der Waals surface area contributed by atoms with Gasteiger partial charge in [0.15, 0.2) is 0 Å². The average molecular weight is 214 g/mol. The standard InChI is InChI=1S/C14H18N2/c1-10(2)14(15-3)12-6-4-5-11-7-8-16-9-13(11)12/h4-10,14-15H,1-3H3. The molecular formula is C14H18N2. The van der Waals surface area contributed by atoms with Crippen LogP contribution in [0.1, 0.15) is 25.5 Å². The summed E-state index contributed by atoms with van der Waals surface area (Å²) in [5.41, 5.74) is 1.34. The van der Waals surface area contributed by atoms with Gasteiger partial charge in [0.05, 0.1) is 0 Å². The molecule has 1 unspecified atom stereocenters. The topological polar surface area (TPSA) is 24.9 Å². The van der Waals surface area contributed by atoms with E-state index in [-0.39, 0.29) is 0 Å². The SMILES string of the molecule is CNC(c1cccc2ccncc12)C(C)C. The first-order valence-electron chi connectivity index (χ1n) is 5.74. The molecule has 2 nitrogen and oxygen atoms in total. The molecule has 0 aliphatic carbocycles. The minimum absolute atomic E-state index is 0.382. The molecule has 0 saturated carbocycles. The molecule has 84 valence electrons. The van der Waals surface area contributed by atoms with Gasteiger partial charge in [0, 0.05) is 23.8 Å². The highest BCUT2D eigenvalue weighted by atomic mass is 14.9. The molecule has 1 N–H and O–H groups in total. The molecule has 0 aliphatic rings. The zero-order chi connectivity index (χ0) is 11.5. The van der Waals surface area contributed by atoms with Crippen molar-refractivity contribution in [3.8, 4) is 0 Å². The van der Waals surface area contributed by atoms with Crippen molar-refractivity contribution in [2.75, 3.05) is 7.05 Å². The van der Waals surface area contributed by atoms with E-state index in [4.69, 9.17) is 0 Å². The molecule has 1 aromatic heterocycles.